The van der Waals surface area contributed by atoms with Crippen LogP contribution in [-0.2, 0) is 11.3 Å². The van der Waals surface area contributed by atoms with Gasteiger partial charge < -0.3 is 16.4 Å². The largest absolute Gasteiger partial charge is 0.355 e. The van der Waals surface area contributed by atoms with Gasteiger partial charge in [-0.15, -0.1) is 0 Å². The number of unbranched alkanes of at least 4 members (excludes halogenated alkanes) is 8. The third-order valence-corrected chi connectivity index (χ3v) is 4.37. The van der Waals surface area contributed by atoms with Crippen molar-refractivity contribution in [3.8, 4) is 0 Å². The van der Waals surface area contributed by atoms with Crippen LogP contribution in [0.25, 0.3) is 0 Å². The average Bonchev–Trinajstić information content (AvgIpc) is 2.69. The van der Waals surface area contributed by atoms with E-state index in [1.165, 1.54) is 63.4 Å². The molecule has 4 heteroatoms. The van der Waals surface area contributed by atoms with E-state index in [-0.39, 0.29) is 5.91 Å². The van der Waals surface area contributed by atoms with Crippen LogP contribution in [0.5, 0.6) is 0 Å². The Morgan fingerprint density at radius 2 is 1.44 bits per heavy atom. The van der Waals surface area contributed by atoms with E-state index < -0.39 is 0 Å². The Hall–Kier alpha value is -1.39. The third-order valence-electron chi connectivity index (χ3n) is 4.37. The van der Waals surface area contributed by atoms with E-state index in [4.69, 9.17) is 5.73 Å². The molecule has 0 unspecified atom stereocenters. The highest BCUT2D eigenvalue weighted by molar-refractivity contribution is 5.77. The van der Waals surface area contributed by atoms with Crippen molar-refractivity contribution < 1.29 is 4.79 Å². The summed E-state index contributed by atoms with van der Waals surface area (Å²) < 4.78 is 0. The lowest BCUT2D eigenvalue weighted by molar-refractivity contribution is -0.120. The van der Waals surface area contributed by atoms with Crippen LogP contribution in [0.4, 0.5) is 0 Å². The van der Waals surface area contributed by atoms with E-state index in [1.54, 1.807) is 0 Å². The number of amides is 1. The lowest BCUT2D eigenvalue weighted by Crippen LogP contribution is -2.34. The molecule has 0 heterocycles. The third kappa shape index (κ3) is 19.2. The van der Waals surface area contributed by atoms with E-state index in [0.717, 1.165) is 26.1 Å². The lowest BCUT2D eigenvalue weighted by Gasteiger charge is -2.07. The molecule has 0 fully saturated rings. The minimum Gasteiger partial charge on any atom is -0.355 e. The van der Waals surface area contributed by atoms with Crippen LogP contribution in [0, 0.1) is 0 Å². The molecule has 1 rings (SSSR count). The second-order valence-corrected chi connectivity index (χ2v) is 7.06. The van der Waals surface area contributed by atoms with E-state index in [1.807, 2.05) is 18.2 Å². The maximum atomic E-state index is 11.7. The second-order valence-electron chi connectivity index (χ2n) is 7.06. The van der Waals surface area contributed by atoms with Crippen LogP contribution in [0.15, 0.2) is 30.3 Å². The van der Waals surface area contributed by atoms with Gasteiger partial charge in [0, 0.05) is 13.1 Å². The first-order chi connectivity index (χ1) is 13.2. The quantitative estimate of drug-likeness (QED) is 0.385. The van der Waals surface area contributed by atoms with E-state index in [2.05, 4.69) is 36.6 Å². The molecule has 0 aromatic heterocycles. The van der Waals surface area contributed by atoms with Gasteiger partial charge in [0.05, 0.1) is 6.54 Å². The molecule has 1 aromatic carbocycles. The SMILES string of the molecule is CCCCCCCCCCNC(=O)CNCc1ccccc1.CCCCN. The lowest BCUT2D eigenvalue weighted by atomic mass is 10.1. The average molecular weight is 378 g/mol. The number of hydrogen-bond acceptors (Lipinski definition) is 3. The maximum absolute atomic E-state index is 11.7. The molecule has 0 radical (unpaired) electrons. The van der Waals surface area contributed by atoms with Gasteiger partial charge in [-0.05, 0) is 24.9 Å². The summed E-state index contributed by atoms with van der Waals surface area (Å²) in [6, 6.07) is 10.1. The first-order valence-electron chi connectivity index (χ1n) is 11.0. The van der Waals surface area contributed by atoms with Crippen LogP contribution in [-0.4, -0.2) is 25.5 Å². The van der Waals surface area contributed by atoms with Crippen LogP contribution >= 0.6 is 0 Å². The van der Waals surface area contributed by atoms with Crippen molar-refractivity contribution in [2.75, 3.05) is 19.6 Å². The molecule has 1 amide bonds. The zero-order chi connectivity index (χ0) is 20.0. The molecule has 4 N–H and O–H groups in total. The van der Waals surface area contributed by atoms with E-state index in [9.17, 15) is 4.79 Å². The van der Waals surface area contributed by atoms with Gasteiger partial charge in [0.15, 0.2) is 0 Å². The molecule has 0 bridgehead atoms. The van der Waals surface area contributed by atoms with Gasteiger partial charge in [0.25, 0.3) is 0 Å². The molecule has 0 atom stereocenters. The molecule has 0 aliphatic rings. The number of carbonyl (C=O) groups excluding carboxylic acids is 1. The molecule has 156 valence electrons. The minimum absolute atomic E-state index is 0.0962. The van der Waals surface area contributed by atoms with Crippen LogP contribution in [0.1, 0.15) is 83.6 Å². The van der Waals surface area contributed by atoms with Gasteiger partial charge in [0.2, 0.25) is 5.91 Å². The number of nitrogens with one attached hydrogen (secondary N) is 2. The summed E-state index contributed by atoms with van der Waals surface area (Å²) in [4.78, 5) is 11.7. The molecular weight excluding hydrogens is 334 g/mol. The fourth-order valence-electron chi connectivity index (χ4n) is 2.67. The Kier molecular flexibility index (Phi) is 19.8. The molecule has 0 aliphatic carbocycles. The van der Waals surface area contributed by atoms with Crippen LogP contribution < -0.4 is 16.4 Å². The zero-order valence-corrected chi connectivity index (χ0v) is 17.8. The van der Waals surface area contributed by atoms with Crippen molar-refractivity contribution in [3.05, 3.63) is 35.9 Å². The molecule has 0 saturated heterocycles. The van der Waals surface area contributed by atoms with Crippen molar-refractivity contribution in [2.24, 2.45) is 5.73 Å². The van der Waals surface area contributed by atoms with Gasteiger partial charge in [-0.1, -0.05) is 95.5 Å². The first-order valence-corrected chi connectivity index (χ1v) is 11.0. The summed E-state index contributed by atoms with van der Waals surface area (Å²) in [6.07, 6.45) is 12.8. The standard InChI is InChI=1S/C19H32N2O.C4H11N/c1-2-3-4-5-6-7-8-12-15-21-19(22)17-20-16-18-13-10-9-11-14-18;1-2-3-4-5/h9-11,13-14,20H,2-8,12,15-17H2,1H3,(H,21,22);2-5H2,1H3. The molecule has 0 aliphatic heterocycles. The summed E-state index contributed by atoms with van der Waals surface area (Å²) in [5.74, 6) is 0.0962. The van der Waals surface area contributed by atoms with Gasteiger partial charge >= 0.3 is 0 Å². The fourth-order valence-corrected chi connectivity index (χ4v) is 2.67. The summed E-state index contributed by atoms with van der Waals surface area (Å²) >= 11 is 0. The highest BCUT2D eigenvalue weighted by atomic mass is 16.1. The van der Waals surface area contributed by atoms with Crippen molar-refractivity contribution >= 4 is 5.91 Å². The smallest absolute Gasteiger partial charge is 0.233 e. The summed E-state index contributed by atoms with van der Waals surface area (Å²) in [7, 11) is 0. The highest BCUT2D eigenvalue weighted by Crippen LogP contribution is 2.07. The van der Waals surface area contributed by atoms with Gasteiger partial charge in [-0.2, -0.15) is 0 Å². The van der Waals surface area contributed by atoms with Crippen molar-refractivity contribution in [1.29, 1.82) is 0 Å². The predicted octanol–water partition coefficient (Wildman–Crippen LogP) is 4.78. The Morgan fingerprint density at radius 3 is 2.00 bits per heavy atom. The first kappa shape index (κ1) is 25.6. The van der Waals surface area contributed by atoms with Gasteiger partial charge in [-0.3, -0.25) is 4.79 Å². The van der Waals surface area contributed by atoms with E-state index >= 15 is 0 Å². The minimum atomic E-state index is 0.0962. The van der Waals surface area contributed by atoms with Gasteiger partial charge in [-0.25, -0.2) is 0 Å². The van der Waals surface area contributed by atoms with Crippen molar-refractivity contribution in [2.45, 2.75) is 84.6 Å². The summed E-state index contributed by atoms with van der Waals surface area (Å²) in [5.41, 5.74) is 6.35. The molecule has 0 spiro atoms. The predicted molar refractivity (Wildman–Crippen MR) is 118 cm³/mol. The van der Waals surface area contributed by atoms with Gasteiger partial charge in [0.1, 0.15) is 0 Å². The maximum Gasteiger partial charge on any atom is 0.233 e. The summed E-state index contributed by atoms with van der Waals surface area (Å²) in [6.45, 7) is 7.17. The molecule has 27 heavy (non-hydrogen) atoms. The molecule has 1 aromatic rings. The topological polar surface area (TPSA) is 67.2 Å². The fraction of sp³-hybridized carbons (Fsp3) is 0.696. The molecule has 0 saturated carbocycles. The molecule has 4 nitrogen and oxygen atoms in total. The number of rotatable bonds is 15. The molecular formula is C23H43N3O. The number of nitrogens with two attached hydrogens (primary N) is 1. The van der Waals surface area contributed by atoms with Crippen LogP contribution in [0.3, 0.4) is 0 Å². The Balaban J connectivity index is 0.00000119. The Morgan fingerprint density at radius 1 is 0.852 bits per heavy atom. The van der Waals surface area contributed by atoms with Crippen molar-refractivity contribution in [3.63, 3.8) is 0 Å². The zero-order valence-electron chi connectivity index (χ0n) is 17.8. The Labute approximate surface area is 167 Å². The number of hydrogen-bond donors (Lipinski definition) is 3. The number of carbonyl (C=O) groups is 1. The Bertz CT molecular complexity index is 421. The highest BCUT2D eigenvalue weighted by Gasteiger charge is 2.00. The monoisotopic (exact) mass is 377 g/mol. The van der Waals surface area contributed by atoms with E-state index in [0.29, 0.717) is 6.54 Å². The van der Waals surface area contributed by atoms with Crippen LogP contribution in [0.2, 0.25) is 0 Å². The number of benzene rings is 1. The second kappa shape index (κ2) is 20.9. The summed E-state index contributed by atoms with van der Waals surface area (Å²) in [5, 5.41) is 6.15. The normalized spacial score (nSPS) is 10.2. The van der Waals surface area contributed by atoms with Crippen molar-refractivity contribution in [1.82, 2.24) is 10.6 Å².